The van der Waals surface area contributed by atoms with Gasteiger partial charge in [0.1, 0.15) is 23.1 Å². The van der Waals surface area contributed by atoms with Gasteiger partial charge in [0.25, 0.3) is 5.91 Å². The van der Waals surface area contributed by atoms with Crippen molar-refractivity contribution in [3.8, 4) is 11.5 Å². The number of aliphatic hydroxyl groups excluding tert-OH is 1. The number of nitrogens with one attached hydrogen (secondary N) is 1. The summed E-state index contributed by atoms with van der Waals surface area (Å²) in [4.78, 5) is 25.5. The largest absolute Gasteiger partial charge is 0.497 e. The standard InChI is InChI=1S/C16H22N2O6/c1-16(9-22-2)14(20)18(15(21)17-16)8-12(19)11-7-10(23-3)5-6-13(11)24-4/h5-7,12,19H,8-9H2,1-4H3,(H,17,21)/t12-,16+/m0/s1. The zero-order valence-electron chi connectivity index (χ0n) is 14.2. The van der Waals surface area contributed by atoms with E-state index in [-0.39, 0.29) is 13.2 Å². The second-order valence-corrected chi connectivity index (χ2v) is 5.73. The number of urea groups is 1. The maximum absolute atomic E-state index is 12.5. The van der Waals surface area contributed by atoms with Crippen molar-refractivity contribution in [2.45, 2.75) is 18.6 Å². The monoisotopic (exact) mass is 338 g/mol. The van der Waals surface area contributed by atoms with Crippen molar-refractivity contribution in [2.24, 2.45) is 0 Å². The second-order valence-electron chi connectivity index (χ2n) is 5.73. The van der Waals surface area contributed by atoms with Crippen molar-refractivity contribution >= 4 is 11.9 Å². The molecular formula is C16H22N2O6. The fraction of sp³-hybridized carbons (Fsp3) is 0.500. The van der Waals surface area contributed by atoms with Crippen LogP contribution in [0.2, 0.25) is 0 Å². The summed E-state index contributed by atoms with van der Waals surface area (Å²) in [6.07, 6.45) is -1.12. The average molecular weight is 338 g/mol. The second kappa shape index (κ2) is 7.06. The lowest BCUT2D eigenvalue weighted by Gasteiger charge is -2.22. The smallest absolute Gasteiger partial charge is 0.325 e. The molecule has 1 aromatic rings. The number of carbonyl (C=O) groups is 2. The lowest BCUT2D eigenvalue weighted by molar-refractivity contribution is -0.133. The number of nitrogens with zero attached hydrogens (tertiary/aromatic N) is 1. The minimum atomic E-state index is -1.13. The highest BCUT2D eigenvalue weighted by Crippen LogP contribution is 2.31. The zero-order valence-corrected chi connectivity index (χ0v) is 14.2. The SMILES string of the molecule is COC[C@@]1(C)NC(=O)N(C[C@H](O)c2cc(OC)ccc2OC)C1=O. The van der Waals surface area contributed by atoms with E-state index in [2.05, 4.69) is 5.32 Å². The highest BCUT2D eigenvalue weighted by atomic mass is 16.5. The first-order chi connectivity index (χ1) is 11.4. The number of carbonyl (C=O) groups excluding carboxylic acids is 2. The Labute approximate surface area is 140 Å². The number of benzene rings is 1. The summed E-state index contributed by atoms with van der Waals surface area (Å²) < 4.78 is 15.4. The minimum absolute atomic E-state index is 0.0483. The third-order valence-electron chi connectivity index (χ3n) is 3.93. The Morgan fingerprint density at radius 3 is 2.54 bits per heavy atom. The van der Waals surface area contributed by atoms with Crippen LogP contribution >= 0.6 is 0 Å². The summed E-state index contributed by atoms with van der Waals surface area (Å²) in [5.41, 5.74) is -0.706. The van der Waals surface area contributed by atoms with Crippen LogP contribution < -0.4 is 14.8 Å². The van der Waals surface area contributed by atoms with Crippen molar-refractivity contribution in [1.29, 1.82) is 0 Å². The van der Waals surface area contributed by atoms with Gasteiger partial charge in [-0.3, -0.25) is 9.69 Å². The number of ether oxygens (including phenoxy) is 3. The summed E-state index contributed by atoms with van der Waals surface area (Å²) >= 11 is 0. The van der Waals surface area contributed by atoms with Crippen LogP contribution in [0, 0.1) is 0 Å². The van der Waals surface area contributed by atoms with Gasteiger partial charge in [-0.2, -0.15) is 0 Å². The van der Waals surface area contributed by atoms with E-state index in [4.69, 9.17) is 14.2 Å². The molecule has 0 saturated carbocycles. The summed E-state index contributed by atoms with van der Waals surface area (Å²) in [5, 5.41) is 13.1. The molecule has 1 aromatic carbocycles. The van der Waals surface area contributed by atoms with E-state index >= 15 is 0 Å². The van der Waals surface area contributed by atoms with E-state index in [1.165, 1.54) is 21.3 Å². The minimum Gasteiger partial charge on any atom is -0.497 e. The number of β-amino-alcohol motifs (C(OH)–C–C–N with tert-alkyl or cyclic N) is 1. The molecule has 0 unspecified atom stereocenters. The number of hydrogen-bond donors (Lipinski definition) is 2. The Balaban J connectivity index is 2.22. The van der Waals surface area contributed by atoms with Gasteiger partial charge in [0, 0.05) is 12.7 Å². The molecule has 8 nitrogen and oxygen atoms in total. The molecule has 132 valence electrons. The van der Waals surface area contributed by atoms with Crippen LogP contribution in [-0.4, -0.2) is 62.0 Å². The molecule has 1 fully saturated rings. The fourth-order valence-corrected chi connectivity index (χ4v) is 2.67. The van der Waals surface area contributed by atoms with Crippen LogP contribution in [0.25, 0.3) is 0 Å². The summed E-state index contributed by atoms with van der Waals surface area (Å²) in [6, 6.07) is 4.38. The number of aliphatic hydroxyl groups is 1. The maximum Gasteiger partial charge on any atom is 0.325 e. The van der Waals surface area contributed by atoms with Gasteiger partial charge in [-0.05, 0) is 25.1 Å². The van der Waals surface area contributed by atoms with Crippen molar-refractivity contribution in [3.05, 3.63) is 23.8 Å². The van der Waals surface area contributed by atoms with E-state index in [9.17, 15) is 14.7 Å². The van der Waals surface area contributed by atoms with Crippen LogP contribution in [0.5, 0.6) is 11.5 Å². The van der Waals surface area contributed by atoms with E-state index in [1.807, 2.05) is 0 Å². The molecule has 0 aromatic heterocycles. The molecule has 0 spiro atoms. The topological polar surface area (TPSA) is 97.3 Å². The summed E-state index contributed by atoms with van der Waals surface area (Å²) in [7, 11) is 4.43. The predicted molar refractivity (Wildman–Crippen MR) is 85.0 cm³/mol. The van der Waals surface area contributed by atoms with Gasteiger partial charge >= 0.3 is 6.03 Å². The van der Waals surface area contributed by atoms with Crippen LogP contribution in [0.1, 0.15) is 18.6 Å². The number of rotatable bonds is 7. The molecular weight excluding hydrogens is 316 g/mol. The van der Waals surface area contributed by atoms with Crippen molar-refractivity contribution in [1.82, 2.24) is 10.2 Å². The lowest BCUT2D eigenvalue weighted by Crippen LogP contribution is -2.48. The number of imide groups is 1. The number of methoxy groups -OCH3 is 3. The average Bonchev–Trinajstić information content (AvgIpc) is 2.77. The zero-order chi connectivity index (χ0) is 17.9. The van der Waals surface area contributed by atoms with Gasteiger partial charge in [-0.25, -0.2) is 4.79 Å². The Morgan fingerprint density at radius 2 is 1.96 bits per heavy atom. The molecule has 8 heteroatoms. The van der Waals surface area contributed by atoms with Crippen LogP contribution in [0.3, 0.4) is 0 Å². The quantitative estimate of drug-likeness (QED) is 0.710. The van der Waals surface area contributed by atoms with Gasteiger partial charge in [0.2, 0.25) is 0 Å². The summed E-state index contributed by atoms with van der Waals surface area (Å²) in [6.45, 7) is 1.43. The van der Waals surface area contributed by atoms with Crippen LogP contribution in [0.4, 0.5) is 4.79 Å². The molecule has 0 aliphatic carbocycles. The van der Waals surface area contributed by atoms with Crippen molar-refractivity contribution in [3.63, 3.8) is 0 Å². The Hall–Kier alpha value is -2.32. The van der Waals surface area contributed by atoms with Crippen molar-refractivity contribution < 1.29 is 28.9 Å². The third-order valence-corrected chi connectivity index (χ3v) is 3.93. The number of hydrogen-bond acceptors (Lipinski definition) is 6. The highest BCUT2D eigenvalue weighted by Gasteiger charge is 2.48. The first-order valence-corrected chi connectivity index (χ1v) is 7.39. The molecule has 1 aliphatic rings. The third kappa shape index (κ3) is 3.29. The first kappa shape index (κ1) is 18.0. The molecule has 3 amide bonds. The van der Waals surface area contributed by atoms with E-state index in [0.717, 1.165) is 4.90 Å². The molecule has 1 aliphatic heterocycles. The first-order valence-electron chi connectivity index (χ1n) is 7.39. The fourth-order valence-electron chi connectivity index (χ4n) is 2.67. The van der Waals surface area contributed by atoms with Crippen LogP contribution in [0.15, 0.2) is 18.2 Å². The highest BCUT2D eigenvalue weighted by molar-refractivity contribution is 6.06. The molecule has 1 heterocycles. The molecule has 2 rings (SSSR count). The lowest BCUT2D eigenvalue weighted by atomic mass is 10.0. The molecule has 0 bridgehead atoms. The van der Waals surface area contributed by atoms with Gasteiger partial charge in [0.05, 0.1) is 27.4 Å². The van der Waals surface area contributed by atoms with E-state index < -0.39 is 23.6 Å². The number of amides is 3. The molecule has 1 saturated heterocycles. The molecule has 0 radical (unpaired) electrons. The molecule has 2 atom stereocenters. The van der Waals surface area contributed by atoms with Gasteiger partial charge in [-0.15, -0.1) is 0 Å². The van der Waals surface area contributed by atoms with Gasteiger partial charge < -0.3 is 24.6 Å². The Bertz CT molecular complexity index is 635. The predicted octanol–water partition coefficient (Wildman–Crippen LogP) is 0.694. The van der Waals surface area contributed by atoms with E-state index in [0.29, 0.717) is 17.1 Å². The normalized spacial score (nSPS) is 21.6. The molecule has 2 N–H and O–H groups in total. The summed E-state index contributed by atoms with van der Waals surface area (Å²) in [5.74, 6) is 0.525. The Morgan fingerprint density at radius 1 is 1.25 bits per heavy atom. The maximum atomic E-state index is 12.5. The van der Waals surface area contributed by atoms with E-state index in [1.54, 1.807) is 25.1 Å². The Kier molecular flexibility index (Phi) is 5.30. The molecule has 24 heavy (non-hydrogen) atoms. The van der Waals surface area contributed by atoms with Gasteiger partial charge in [0.15, 0.2) is 0 Å². The van der Waals surface area contributed by atoms with Crippen LogP contribution in [-0.2, 0) is 9.53 Å². The van der Waals surface area contributed by atoms with Gasteiger partial charge in [-0.1, -0.05) is 0 Å². The van der Waals surface area contributed by atoms with Crippen molar-refractivity contribution in [2.75, 3.05) is 34.5 Å².